The summed E-state index contributed by atoms with van der Waals surface area (Å²) in [5.41, 5.74) is 1.07. The molecule has 2 unspecified atom stereocenters. The van der Waals surface area contributed by atoms with Crippen LogP contribution in [0.15, 0.2) is 24.5 Å². The quantitative estimate of drug-likeness (QED) is 0.673. The van der Waals surface area contributed by atoms with E-state index in [1.165, 1.54) is 0 Å². The SMILES string of the molecule is CC(C)NC(=O)NC1CCC(c2cc(Nc3ncccn3)n[nH]2)C1. The van der Waals surface area contributed by atoms with E-state index >= 15 is 0 Å². The lowest BCUT2D eigenvalue weighted by Gasteiger charge is -2.15. The number of hydrogen-bond donors (Lipinski definition) is 4. The van der Waals surface area contributed by atoms with Gasteiger partial charge in [-0.1, -0.05) is 0 Å². The summed E-state index contributed by atoms with van der Waals surface area (Å²) in [6, 6.07) is 4.00. The molecule has 1 aliphatic carbocycles. The van der Waals surface area contributed by atoms with Crippen LogP contribution in [0.2, 0.25) is 0 Å². The Balaban J connectivity index is 1.54. The van der Waals surface area contributed by atoms with Crippen LogP contribution in [0.5, 0.6) is 0 Å². The summed E-state index contributed by atoms with van der Waals surface area (Å²) in [6.45, 7) is 3.90. The third-order valence-corrected chi connectivity index (χ3v) is 4.03. The fourth-order valence-electron chi connectivity index (χ4n) is 2.97. The topological polar surface area (TPSA) is 108 Å². The largest absolute Gasteiger partial charge is 0.336 e. The maximum Gasteiger partial charge on any atom is 0.315 e. The zero-order chi connectivity index (χ0) is 16.9. The Morgan fingerprint density at radius 3 is 2.83 bits per heavy atom. The molecule has 8 nitrogen and oxygen atoms in total. The zero-order valence-corrected chi connectivity index (χ0v) is 13.9. The van der Waals surface area contributed by atoms with Crippen LogP contribution in [0.3, 0.4) is 0 Å². The summed E-state index contributed by atoms with van der Waals surface area (Å²) in [4.78, 5) is 20.0. The van der Waals surface area contributed by atoms with Crippen molar-refractivity contribution < 1.29 is 4.79 Å². The van der Waals surface area contributed by atoms with E-state index in [9.17, 15) is 4.79 Å². The Hall–Kier alpha value is -2.64. The molecule has 0 spiro atoms. The van der Waals surface area contributed by atoms with Crippen molar-refractivity contribution in [2.24, 2.45) is 0 Å². The lowest BCUT2D eigenvalue weighted by Crippen LogP contribution is -2.43. The Kier molecular flexibility index (Phi) is 4.93. The molecule has 2 atom stereocenters. The van der Waals surface area contributed by atoms with Gasteiger partial charge in [0.25, 0.3) is 0 Å². The van der Waals surface area contributed by atoms with E-state index in [0.717, 1.165) is 25.0 Å². The number of aromatic nitrogens is 4. The van der Waals surface area contributed by atoms with Crippen molar-refractivity contribution in [2.75, 3.05) is 5.32 Å². The Morgan fingerprint density at radius 2 is 2.08 bits per heavy atom. The Labute approximate surface area is 140 Å². The zero-order valence-electron chi connectivity index (χ0n) is 13.9. The Bertz CT molecular complexity index is 670. The fraction of sp³-hybridized carbons (Fsp3) is 0.500. The van der Waals surface area contributed by atoms with Gasteiger partial charge in [0, 0.05) is 42.2 Å². The van der Waals surface area contributed by atoms with E-state index in [0.29, 0.717) is 17.7 Å². The average molecular weight is 329 g/mol. The minimum atomic E-state index is -0.0937. The first-order valence-electron chi connectivity index (χ1n) is 8.26. The first-order valence-corrected chi connectivity index (χ1v) is 8.26. The summed E-state index contributed by atoms with van der Waals surface area (Å²) in [6.07, 6.45) is 6.27. The molecule has 2 aromatic heterocycles. The van der Waals surface area contributed by atoms with Gasteiger partial charge in [0.2, 0.25) is 5.95 Å². The molecule has 24 heavy (non-hydrogen) atoms. The maximum atomic E-state index is 11.8. The molecule has 0 bridgehead atoms. The molecule has 3 rings (SSSR count). The van der Waals surface area contributed by atoms with Gasteiger partial charge in [-0.3, -0.25) is 5.10 Å². The molecule has 8 heteroatoms. The van der Waals surface area contributed by atoms with Crippen molar-refractivity contribution in [3.63, 3.8) is 0 Å². The van der Waals surface area contributed by atoms with Gasteiger partial charge >= 0.3 is 6.03 Å². The predicted molar refractivity (Wildman–Crippen MR) is 91.1 cm³/mol. The molecule has 1 fully saturated rings. The van der Waals surface area contributed by atoms with Crippen LogP contribution in [-0.2, 0) is 0 Å². The number of hydrogen-bond acceptors (Lipinski definition) is 5. The summed E-state index contributed by atoms with van der Waals surface area (Å²) in [7, 11) is 0. The van der Waals surface area contributed by atoms with Gasteiger partial charge in [-0.15, -0.1) is 0 Å². The first-order chi connectivity index (χ1) is 11.6. The molecule has 0 radical (unpaired) electrons. The lowest BCUT2D eigenvalue weighted by molar-refractivity contribution is 0.234. The minimum Gasteiger partial charge on any atom is -0.336 e. The van der Waals surface area contributed by atoms with E-state index in [4.69, 9.17) is 0 Å². The number of rotatable bonds is 5. The van der Waals surface area contributed by atoms with Crippen LogP contribution in [0.1, 0.15) is 44.7 Å². The third-order valence-electron chi connectivity index (χ3n) is 4.03. The van der Waals surface area contributed by atoms with Crippen LogP contribution >= 0.6 is 0 Å². The number of H-pyrrole nitrogens is 1. The highest BCUT2D eigenvalue weighted by Crippen LogP contribution is 2.34. The van der Waals surface area contributed by atoms with Crippen molar-refractivity contribution in [1.82, 2.24) is 30.8 Å². The van der Waals surface area contributed by atoms with Crippen LogP contribution < -0.4 is 16.0 Å². The number of carbonyl (C=O) groups is 1. The molecule has 2 amide bonds. The molecule has 2 heterocycles. The number of carbonyl (C=O) groups excluding carboxylic acids is 1. The van der Waals surface area contributed by atoms with Gasteiger partial charge in [-0.2, -0.15) is 5.10 Å². The number of urea groups is 1. The number of amides is 2. The number of aromatic amines is 1. The molecule has 0 aliphatic heterocycles. The highest BCUT2D eigenvalue weighted by molar-refractivity contribution is 5.74. The summed E-state index contributed by atoms with van der Waals surface area (Å²) in [5, 5.41) is 16.3. The van der Waals surface area contributed by atoms with Gasteiger partial charge in [-0.25, -0.2) is 14.8 Å². The van der Waals surface area contributed by atoms with Gasteiger partial charge in [0.15, 0.2) is 5.82 Å². The van der Waals surface area contributed by atoms with E-state index in [1.54, 1.807) is 18.5 Å². The molecule has 4 N–H and O–H groups in total. The van der Waals surface area contributed by atoms with Gasteiger partial charge in [0.1, 0.15) is 0 Å². The highest BCUT2D eigenvalue weighted by Gasteiger charge is 2.28. The molecule has 1 aliphatic rings. The van der Waals surface area contributed by atoms with Crippen LogP contribution in [0.4, 0.5) is 16.6 Å². The number of anilines is 2. The van der Waals surface area contributed by atoms with Crippen molar-refractivity contribution in [1.29, 1.82) is 0 Å². The maximum absolute atomic E-state index is 11.8. The van der Waals surface area contributed by atoms with Crippen molar-refractivity contribution in [3.05, 3.63) is 30.2 Å². The monoisotopic (exact) mass is 329 g/mol. The van der Waals surface area contributed by atoms with Crippen molar-refractivity contribution >= 4 is 17.8 Å². The number of nitrogens with one attached hydrogen (secondary N) is 4. The lowest BCUT2D eigenvalue weighted by atomic mass is 10.0. The third kappa shape index (κ3) is 4.21. The molecule has 0 saturated heterocycles. The van der Waals surface area contributed by atoms with Gasteiger partial charge in [-0.05, 0) is 39.2 Å². The summed E-state index contributed by atoms with van der Waals surface area (Å²) in [5.74, 6) is 1.59. The van der Waals surface area contributed by atoms with Gasteiger partial charge in [0.05, 0.1) is 0 Å². The minimum absolute atomic E-state index is 0.0937. The second-order valence-corrected chi connectivity index (χ2v) is 6.39. The van der Waals surface area contributed by atoms with E-state index in [-0.39, 0.29) is 18.1 Å². The molecule has 0 aromatic carbocycles. The second kappa shape index (κ2) is 7.29. The standard InChI is InChI=1S/C16H23N7O/c1-10(2)19-16(24)20-12-5-4-11(8-12)13-9-14(23-22-13)21-15-17-6-3-7-18-15/h3,6-7,9-12H,4-5,8H2,1-2H3,(H2,19,20,24)(H2,17,18,21,22,23). The smallest absolute Gasteiger partial charge is 0.315 e. The molecular formula is C16H23N7O. The molecule has 2 aromatic rings. The summed E-state index contributed by atoms with van der Waals surface area (Å²) >= 11 is 0. The normalized spacial score (nSPS) is 20.1. The highest BCUT2D eigenvalue weighted by atomic mass is 16.2. The molecule has 128 valence electrons. The molecule has 1 saturated carbocycles. The van der Waals surface area contributed by atoms with Crippen molar-refractivity contribution in [2.45, 2.75) is 51.1 Å². The van der Waals surface area contributed by atoms with E-state index in [1.807, 2.05) is 19.9 Å². The van der Waals surface area contributed by atoms with Crippen LogP contribution in [0, 0.1) is 0 Å². The summed E-state index contributed by atoms with van der Waals surface area (Å²) < 4.78 is 0. The van der Waals surface area contributed by atoms with Crippen LogP contribution in [-0.4, -0.2) is 38.3 Å². The average Bonchev–Trinajstić information content (AvgIpc) is 3.17. The second-order valence-electron chi connectivity index (χ2n) is 6.39. The van der Waals surface area contributed by atoms with E-state index < -0.39 is 0 Å². The molecular weight excluding hydrogens is 306 g/mol. The van der Waals surface area contributed by atoms with Crippen LogP contribution in [0.25, 0.3) is 0 Å². The van der Waals surface area contributed by atoms with Gasteiger partial charge < -0.3 is 16.0 Å². The fourth-order valence-corrected chi connectivity index (χ4v) is 2.97. The van der Waals surface area contributed by atoms with E-state index in [2.05, 4.69) is 36.1 Å². The predicted octanol–water partition coefficient (Wildman–Crippen LogP) is 2.29. The van der Waals surface area contributed by atoms with Crippen molar-refractivity contribution in [3.8, 4) is 0 Å². The Morgan fingerprint density at radius 1 is 1.29 bits per heavy atom. The first kappa shape index (κ1) is 16.2. The number of nitrogens with zero attached hydrogens (tertiary/aromatic N) is 3.